The van der Waals surface area contributed by atoms with Gasteiger partial charge in [-0.25, -0.2) is 8.42 Å². The summed E-state index contributed by atoms with van der Waals surface area (Å²) >= 11 is 1.10. The molecule has 0 bridgehead atoms. The van der Waals surface area contributed by atoms with Crippen LogP contribution in [0.1, 0.15) is 35.4 Å². The minimum Gasteiger partial charge on any atom is -0.363 e. The lowest BCUT2D eigenvalue weighted by Crippen LogP contribution is -2.31. The van der Waals surface area contributed by atoms with Gasteiger partial charge in [-0.3, -0.25) is 4.79 Å². The van der Waals surface area contributed by atoms with Crippen molar-refractivity contribution < 1.29 is 17.7 Å². The monoisotopic (exact) mass is 355 g/mol. The number of rotatable bonds is 4. The molecule has 1 aliphatic heterocycles. The maximum absolute atomic E-state index is 12.7. The summed E-state index contributed by atoms with van der Waals surface area (Å²) in [5.74, 6) is -0.110. The number of carbonyl (C=O) groups excluding carboxylic acids is 1. The molecule has 1 aliphatic rings. The van der Waals surface area contributed by atoms with Crippen LogP contribution in [-0.2, 0) is 10.0 Å². The summed E-state index contributed by atoms with van der Waals surface area (Å²) in [4.78, 5) is 12.6. The van der Waals surface area contributed by atoms with Crippen molar-refractivity contribution in [3.05, 3.63) is 28.7 Å². The molecule has 1 saturated heterocycles. The fraction of sp³-hybridized carbons (Fsp3) is 0.429. The average molecular weight is 355 g/mol. The molecule has 23 heavy (non-hydrogen) atoms. The molecule has 0 aliphatic carbocycles. The predicted molar refractivity (Wildman–Crippen MR) is 86.0 cm³/mol. The van der Waals surface area contributed by atoms with E-state index in [1.165, 1.54) is 28.1 Å². The van der Waals surface area contributed by atoms with Crippen LogP contribution >= 0.6 is 11.3 Å². The maximum Gasteiger partial charge on any atom is 0.267 e. The van der Waals surface area contributed by atoms with Crippen LogP contribution in [0.15, 0.2) is 33.2 Å². The van der Waals surface area contributed by atoms with E-state index in [1.54, 1.807) is 0 Å². The van der Waals surface area contributed by atoms with E-state index in [0.29, 0.717) is 23.8 Å². The van der Waals surface area contributed by atoms with E-state index < -0.39 is 15.9 Å². The molecular weight excluding hydrogens is 338 g/mol. The summed E-state index contributed by atoms with van der Waals surface area (Å²) in [5, 5.41) is 7.65. The van der Waals surface area contributed by atoms with Gasteiger partial charge in [0.25, 0.3) is 5.91 Å². The molecule has 124 valence electrons. The van der Waals surface area contributed by atoms with Crippen molar-refractivity contribution in [2.24, 2.45) is 0 Å². The highest BCUT2D eigenvalue weighted by Gasteiger charge is 2.27. The second-order valence-corrected chi connectivity index (χ2v) is 8.15. The van der Waals surface area contributed by atoms with E-state index >= 15 is 0 Å². The fourth-order valence-electron chi connectivity index (χ4n) is 2.46. The number of aromatic nitrogens is 1. The summed E-state index contributed by atoms with van der Waals surface area (Å²) < 4.78 is 31.5. The molecule has 2 aromatic rings. The van der Waals surface area contributed by atoms with Gasteiger partial charge in [-0.05, 0) is 18.9 Å². The molecule has 3 heterocycles. The number of nitrogens with zero attached hydrogens (tertiary/aromatic N) is 2. The third-order valence-electron chi connectivity index (χ3n) is 3.68. The Kier molecular flexibility index (Phi) is 4.79. The van der Waals surface area contributed by atoms with Gasteiger partial charge in [0.2, 0.25) is 10.0 Å². The van der Waals surface area contributed by atoms with Gasteiger partial charge in [-0.2, -0.15) is 4.31 Å². The van der Waals surface area contributed by atoms with Gasteiger partial charge >= 0.3 is 0 Å². The highest BCUT2D eigenvalue weighted by atomic mass is 32.2. The first kappa shape index (κ1) is 16.2. The maximum atomic E-state index is 12.7. The molecule has 2 aromatic heterocycles. The normalized spacial score (nSPS) is 16.9. The molecule has 3 rings (SSSR count). The third-order valence-corrected chi connectivity index (χ3v) is 6.64. The molecule has 0 saturated carbocycles. The van der Waals surface area contributed by atoms with Crippen LogP contribution in [-0.4, -0.2) is 36.9 Å². The first-order valence-corrected chi connectivity index (χ1v) is 9.70. The van der Waals surface area contributed by atoms with Crippen molar-refractivity contribution in [3.8, 4) is 0 Å². The molecule has 9 heteroatoms. The van der Waals surface area contributed by atoms with Crippen molar-refractivity contribution in [1.82, 2.24) is 9.46 Å². The summed E-state index contributed by atoms with van der Waals surface area (Å²) in [6.45, 7) is 1.08. The van der Waals surface area contributed by atoms with E-state index in [9.17, 15) is 13.2 Å². The summed E-state index contributed by atoms with van der Waals surface area (Å²) in [6, 6.07) is 2.93. The molecule has 0 spiro atoms. The predicted octanol–water partition coefficient (Wildman–Crippen LogP) is 2.55. The lowest BCUT2D eigenvalue weighted by atomic mass is 10.2. The minimum atomic E-state index is -3.53. The quantitative estimate of drug-likeness (QED) is 0.910. The van der Waals surface area contributed by atoms with Gasteiger partial charge in [0.15, 0.2) is 5.82 Å². The number of nitrogens with one attached hydrogen (secondary N) is 1. The van der Waals surface area contributed by atoms with E-state index in [4.69, 9.17) is 0 Å². The Morgan fingerprint density at radius 3 is 2.65 bits per heavy atom. The van der Waals surface area contributed by atoms with Gasteiger partial charge in [-0.15, -0.1) is 11.3 Å². The first-order chi connectivity index (χ1) is 11.1. The highest BCUT2D eigenvalue weighted by molar-refractivity contribution is 7.89. The minimum absolute atomic E-state index is 0.176. The molecule has 0 atom stereocenters. The van der Waals surface area contributed by atoms with Gasteiger partial charge in [-0.1, -0.05) is 18.0 Å². The van der Waals surface area contributed by atoms with E-state index in [1.807, 2.05) is 0 Å². The Labute approximate surface area is 138 Å². The first-order valence-electron chi connectivity index (χ1n) is 7.38. The van der Waals surface area contributed by atoms with Crippen molar-refractivity contribution >= 4 is 33.1 Å². The van der Waals surface area contributed by atoms with Gasteiger partial charge in [0.05, 0.1) is 9.77 Å². The SMILES string of the molecule is O=C(Nc1ccon1)c1cc(S(=O)(=O)N2CCCCCC2)cs1. The Morgan fingerprint density at radius 1 is 1.26 bits per heavy atom. The Bertz CT molecular complexity index is 760. The third kappa shape index (κ3) is 3.62. The zero-order valence-corrected chi connectivity index (χ0v) is 14.0. The van der Waals surface area contributed by atoms with Crippen molar-refractivity contribution in [3.63, 3.8) is 0 Å². The van der Waals surface area contributed by atoms with E-state index in [2.05, 4.69) is 15.0 Å². The van der Waals surface area contributed by atoms with Gasteiger partial charge in [0.1, 0.15) is 6.26 Å². The van der Waals surface area contributed by atoms with Crippen LogP contribution in [0, 0.1) is 0 Å². The Morgan fingerprint density at radius 2 is 2.00 bits per heavy atom. The molecule has 0 radical (unpaired) electrons. The standard InChI is InChI=1S/C14H17N3O4S2/c18-14(15-13-5-8-21-16-13)12-9-11(10-22-12)23(19,20)17-6-3-1-2-4-7-17/h5,8-10H,1-4,6-7H2,(H,15,16,18). The second kappa shape index (κ2) is 6.81. The number of carbonyl (C=O) groups is 1. The van der Waals surface area contributed by atoms with Crippen LogP contribution in [0.2, 0.25) is 0 Å². The lowest BCUT2D eigenvalue weighted by Gasteiger charge is -2.18. The van der Waals surface area contributed by atoms with E-state index in [0.717, 1.165) is 37.0 Å². The number of anilines is 1. The number of thiophene rings is 1. The van der Waals surface area contributed by atoms with Crippen LogP contribution in [0.25, 0.3) is 0 Å². The van der Waals surface area contributed by atoms with Gasteiger partial charge in [0, 0.05) is 24.5 Å². The van der Waals surface area contributed by atoms with Crippen molar-refractivity contribution in [2.45, 2.75) is 30.6 Å². The van der Waals surface area contributed by atoms with Crippen LogP contribution in [0.3, 0.4) is 0 Å². The van der Waals surface area contributed by atoms with Crippen LogP contribution in [0.5, 0.6) is 0 Å². The summed E-state index contributed by atoms with van der Waals surface area (Å²) in [7, 11) is -3.53. The van der Waals surface area contributed by atoms with Gasteiger partial charge < -0.3 is 9.84 Å². The zero-order valence-electron chi connectivity index (χ0n) is 12.4. The van der Waals surface area contributed by atoms with Crippen LogP contribution < -0.4 is 5.32 Å². The number of sulfonamides is 1. The molecule has 1 fully saturated rings. The van der Waals surface area contributed by atoms with Crippen LogP contribution in [0.4, 0.5) is 5.82 Å². The second-order valence-electron chi connectivity index (χ2n) is 5.30. The molecule has 0 unspecified atom stereocenters. The molecule has 7 nitrogen and oxygen atoms in total. The molecular formula is C14H17N3O4S2. The summed E-state index contributed by atoms with van der Waals surface area (Å²) in [5.41, 5.74) is 0. The Hall–Kier alpha value is -1.71. The fourth-order valence-corrected chi connectivity index (χ4v) is 5.13. The van der Waals surface area contributed by atoms with E-state index in [-0.39, 0.29) is 4.90 Å². The molecule has 1 amide bonds. The number of amides is 1. The summed E-state index contributed by atoms with van der Waals surface area (Å²) in [6.07, 6.45) is 5.22. The largest absolute Gasteiger partial charge is 0.363 e. The number of hydrogen-bond acceptors (Lipinski definition) is 6. The average Bonchev–Trinajstić information content (AvgIpc) is 3.14. The smallest absolute Gasteiger partial charge is 0.267 e. The van der Waals surface area contributed by atoms with Crippen molar-refractivity contribution in [1.29, 1.82) is 0 Å². The Balaban J connectivity index is 1.76. The highest BCUT2D eigenvalue weighted by Crippen LogP contribution is 2.25. The topological polar surface area (TPSA) is 92.5 Å². The van der Waals surface area contributed by atoms with Crippen molar-refractivity contribution in [2.75, 3.05) is 18.4 Å². The lowest BCUT2D eigenvalue weighted by molar-refractivity contribution is 0.102. The zero-order chi connectivity index (χ0) is 16.3. The molecule has 1 N–H and O–H groups in total. The molecule has 0 aromatic carbocycles. The number of hydrogen-bond donors (Lipinski definition) is 1.